The molecule has 0 atom stereocenters. The number of aromatic nitrogens is 1. The average molecular weight is 310 g/mol. The Balaban J connectivity index is 2.01. The van der Waals surface area contributed by atoms with Crippen LogP contribution in [0, 0.1) is 12.7 Å². The number of benzene rings is 1. The number of carbonyl (C=O) groups excluding carboxylic acids is 1. The first-order valence-corrected chi connectivity index (χ1v) is 6.72. The lowest BCUT2D eigenvalue weighted by Gasteiger charge is -2.09. The first-order chi connectivity index (χ1) is 9.97. The number of nitrogens with zero attached hydrogens (tertiary/aromatic N) is 1. The quantitative estimate of drug-likeness (QED) is 0.884. The van der Waals surface area contributed by atoms with Gasteiger partial charge < -0.3 is 9.84 Å². The molecular weight excluding hydrogens is 299 g/mol. The van der Waals surface area contributed by atoms with Crippen LogP contribution in [0.4, 0.5) is 9.52 Å². The fourth-order valence-electron chi connectivity index (χ4n) is 1.54. The third-order valence-electron chi connectivity index (χ3n) is 2.41. The number of anilines is 1. The van der Waals surface area contributed by atoms with Gasteiger partial charge in [-0.15, -0.1) is 11.3 Å². The van der Waals surface area contributed by atoms with E-state index in [2.05, 4.69) is 10.3 Å². The van der Waals surface area contributed by atoms with Gasteiger partial charge in [0.15, 0.2) is 11.7 Å². The molecule has 0 radical (unpaired) electrons. The van der Waals surface area contributed by atoms with Crippen LogP contribution in [0.2, 0.25) is 0 Å². The lowest BCUT2D eigenvalue weighted by Crippen LogP contribution is -2.21. The molecule has 2 rings (SSSR count). The molecule has 0 spiro atoms. The standard InChI is InChI=1S/C13H11FN2O4S/c1-7-6-21-13(15-7)16-10(17)5-20-9-4-2-3-8(14)11(9)12(18)19/h2-4,6H,5H2,1H3,(H,18,19)(H,15,16,17). The molecule has 0 aliphatic heterocycles. The van der Waals surface area contributed by atoms with E-state index in [1.165, 1.54) is 23.5 Å². The van der Waals surface area contributed by atoms with Crippen molar-refractivity contribution in [3.63, 3.8) is 0 Å². The minimum Gasteiger partial charge on any atom is -0.483 e. The van der Waals surface area contributed by atoms with Gasteiger partial charge in [0.2, 0.25) is 0 Å². The van der Waals surface area contributed by atoms with Crippen LogP contribution in [-0.4, -0.2) is 28.6 Å². The van der Waals surface area contributed by atoms with Crippen LogP contribution in [0.5, 0.6) is 5.75 Å². The van der Waals surface area contributed by atoms with E-state index in [0.29, 0.717) is 5.13 Å². The molecule has 1 amide bonds. The third-order valence-corrected chi connectivity index (χ3v) is 3.29. The number of aromatic carboxylic acids is 1. The largest absolute Gasteiger partial charge is 0.483 e. The molecule has 1 aromatic heterocycles. The summed E-state index contributed by atoms with van der Waals surface area (Å²) in [6.07, 6.45) is 0. The van der Waals surface area contributed by atoms with E-state index in [9.17, 15) is 14.0 Å². The molecular formula is C13H11FN2O4S. The van der Waals surface area contributed by atoms with Crippen molar-refractivity contribution in [2.45, 2.75) is 6.92 Å². The molecule has 2 N–H and O–H groups in total. The predicted molar refractivity (Wildman–Crippen MR) is 74.3 cm³/mol. The minimum atomic E-state index is -1.46. The Bertz CT molecular complexity index is 687. The third kappa shape index (κ3) is 3.76. The summed E-state index contributed by atoms with van der Waals surface area (Å²) in [6, 6.07) is 3.60. The zero-order valence-corrected chi connectivity index (χ0v) is 11.7. The number of carboxylic acids is 1. The molecule has 21 heavy (non-hydrogen) atoms. The summed E-state index contributed by atoms with van der Waals surface area (Å²) in [5.41, 5.74) is 0.171. The average Bonchev–Trinajstić information content (AvgIpc) is 2.81. The first-order valence-electron chi connectivity index (χ1n) is 5.84. The van der Waals surface area contributed by atoms with E-state index in [0.717, 1.165) is 11.8 Å². The minimum absolute atomic E-state index is 0.201. The summed E-state index contributed by atoms with van der Waals surface area (Å²) < 4.78 is 18.5. The maximum atomic E-state index is 13.4. The van der Waals surface area contributed by atoms with Crippen LogP contribution in [0.15, 0.2) is 23.6 Å². The Hall–Kier alpha value is -2.48. The first kappa shape index (κ1) is 14.9. The highest BCUT2D eigenvalue weighted by atomic mass is 32.1. The summed E-state index contributed by atoms with van der Waals surface area (Å²) in [6.45, 7) is 1.34. The molecule has 8 heteroatoms. The van der Waals surface area contributed by atoms with Gasteiger partial charge in [-0.2, -0.15) is 0 Å². The van der Waals surface area contributed by atoms with Crippen molar-refractivity contribution in [2.24, 2.45) is 0 Å². The summed E-state index contributed by atoms with van der Waals surface area (Å²) in [7, 11) is 0. The monoisotopic (exact) mass is 310 g/mol. The SMILES string of the molecule is Cc1csc(NC(=O)COc2cccc(F)c2C(=O)O)n1. The number of thiazole rings is 1. The van der Waals surface area contributed by atoms with Gasteiger partial charge in [-0.05, 0) is 19.1 Å². The summed E-state index contributed by atoms with van der Waals surface area (Å²) in [5.74, 6) is -3.09. The number of carboxylic acid groups (broad SMARTS) is 1. The number of rotatable bonds is 5. The Kier molecular flexibility index (Phi) is 4.49. The van der Waals surface area contributed by atoms with Gasteiger partial charge in [0.25, 0.3) is 5.91 Å². The van der Waals surface area contributed by atoms with Gasteiger partial charge in [0.1, 0.15) is 17.1 Å². The number of amides is 1. The fourth-order valence-corrected chi connectivity index (χ4v) is 2.25. The van der Waals surface area contributed by atoms with Gasteiger partial charge in [-0.3, -0.25) is 10.1 Å². The highest BCUT2D eigenvalue weighted by Crippen LogP contribution is 2.21. The maximum Gasteiger partial charge on any atom is 0.342 e. The molecule has 2 aromatic rings. The van der Waals surface area contributed by atoms with E-state index in [-0.39, 0.29) is 5.75 Å². The Morgan fingerprint density at radius 3 is 2.86 bits per heavy atom. The summed E-state index contributed by atoms with van der Waals surface area (Å²) >= 11 is 1.26. The molecule has 0 unspecified atom stereocenters. The molecule has 110 valence electrons. The number of halogens is 1. The molecule has 0 saturated heterocycles. The van der Waals surface area contributed by atoms with Gasteiger partial charge in [-0.25, -0.2) is 14.2 Å². The highest BCUT2D eigenvalue weighted by Gasteiger charge is 2.17. The van der Waals surface area contributed by atoms with Crippen LogP contribution in [0.25, 0.3) is 0 Å². The Labute approximate surface area is 123 Å². The van der Waals surface area contributed by atoms with Crippen molar-refractivity contribution < 1.29 is 23.8 Å². The van der Waals surface area contributed by atoms with Crippen molar-refractivity contribution >= 4 is 28.3 Å². The van der Waals surface area contributed by atoms with Crippen molar-refractivity contribution in [2.75, 3.05) is 11.9 Å². The van der Waals surface area contributed by atoms with Crippen molar-refractivity contribution in [1.82, 2.24) is 4.98 Å². The van der Waals surface area contributed by atoms with E-state index < -0.39 is 29.9 Å². The second kappa shape index (κ2) is 6.31. The summed E-state index contributed by atoms with van der Waals surface area (Å²) in [4.78, 5) is 26.6. The van der Waals surface area contributed by atoms with Crippen molar-refractivity contribution in [3.05, 3.63) is 40.7 Å². The molecule has 1 aromatic carbocycles. The highest BCUT2D eigenvalue weighted by molar-refractivity contribution is 7.13. The second-order valence-corrected chi connectivity index (χ2v) is 4.91. The number of ether oxygens (including phenoxy) is 1. The Morgan fingerprint density at radius 2 is 2.24 bits per heavy atom. The maximum absolute atomic E-state index is 13.4. The molecule has 0 bridgehead atoms. The predicted octanol–water partition coefficient (Wildman–Crippen LogP) is 2.31. The van der Waals surface area contributed by atoms with E-state index in [1.807, 2.05) is 0 Å². The van der Waals surface area contributed by atoms with Crippen molar-refractivity contribution in [1.29, 1.82) is 0 Å². The van der Waals surface area contributed by atoms with Crippen LogP contribution in [0.3, 0.4) is 0 Å². The van der Waals surface area contributed by atoms with E-state index in [1.54, 1.807) is 12.3 Å². The van der Waals surface area contributed by atoms with Crippen LogP contribution < -0.4 is 10.1 Å². The fraction of sp³-hybridized carbons (Fsp3) is 0.154. The zero-order chi connectivity index (χ0) is 15.4. The molecule has 0 fully saturated rings. The number of carbonyl (C=O) groups is 2. The lowest BCUT2D eigenvalue weighted by molar-refractivity contribution is -0.118. The van der Waals surface area contributed by atoms with E-state index in [4.69, 9.17) is 9.84 Å². The summed E-state index contributed by atoms with van der Waals surface area (Å²) in [5, 5.41) is 13.6. The normalized spacial score (nSPS) is 10.2. The number of hydrogen-bond donors (Lipinski definition) is 2. The molecule has 0 aliphatic carbocycles. The van der Waals surface area contributed by atoms with Crippen molar-refractivity contribution in [3.8, 4) is 5.75 Å². The topological polar surface area (TPSA) is 88.5 Å². The van der Waals surface area contributed by atoms with Crippen LogP contribution >= 0.6 is 11.3 Å². The van der Waals surface area contributed by atoms with Crippen LogP contribution in [-0.2, 0) is 4.79 Å². The molecule has 1 heterocycles. The smallest absolute Gasteiger partial charge is 0.342 e. The van der Waals surface area contributed by atoms with Gasteiger partial charge in [0.05, 0.1) is 5.69 Å². The molecule has 0 saturated carbocycles. The lowest BCUT2D eigenvalue weighted by atomic mass is 10.2. The number of aryl methyl sites for hydroxylation is 1. The number of hydrogen-bond acceptors (Lipinski definition) is 5. The molecule has 6 nitrogen and oxygen atoms in total. The molecule has 0 aliphatic rings. The zero-order valence-electron chi connectivity index (χ0n) is 10.9. The Morgan fingerprint density at radius 1 is 1.48 bits per heavy atom. The van der Waals surface area contributed by atoms with Crippen LogP contribution in [0.1, 0.15) is 16.1 Å². The van der Waals surface area contributed by atoms with E-state index >= 15 is 0 Å². The van der Waals surface area contributed by atoms with Gasteiger partial charge >= 0.3 is 5.97 Å². The number of nitrogens with one attached hydrogen (secondary N) is 1. The van der Waals surface area contributed by atoms with Gasteiger partial charge in [0, 0.05) is 5.38 Å². The second-order valence-electron chi connectivity index (χ2n) is 4.05. The van der Waals surface area contributed by atoms with Gasteiger partial charge in [-0.1, -0.05) is 6.07 Å².